The van der Waals surface area contributed by atoms with Gasteiger partial charge in [-0.25, -0.2) is 4.68 Å². The first kappa shape index (κ1) is 16.2. The summed E-state index contributed by atoms with van der Waals surface area (Å²) in [4.78, 5) is 0. The van der Waals surface area contributed by atoms with Gasteiger partial charge in [-0.2, -0.15) is 5.10 Å². The Balaban J connectivity index is 1.94. The highest BCUT2D eigenvalue weighted by atomic mass is 79.9. The molecule has 0 atom stereocenters. The summed E-state index contributed by atoms with van der Waals surface area (Å²) in [7, 11) is 1.70. The first-order valence-corrected chi connectivity index (χ1v) is 9.32. The fourth-order valence-electron chi connectivity index (χ4n) is 3.35. The number of methoxy groups -OCH3 is 1. The van der Waals surface area contributed by atoms with Crippen molar-refractivity contribution in [2.45, 2.75) is 19.3 Å². The van der Waals surface area contributed by atoms with Crippen LogP contribution in [0.4, 0.5) is 5.82 Å². The summed E-state index contributed by atoms with van der Waals surface area (Å²) in [5.41, 5.74) is 4.40. The lowest BCUT2D eigenvalue weighted by Gasteiger charge is -2.12. The first-order chi connectivity index (χ1) is 12.3. The van der Waals surface area contributed by atoms with E-state index < -0.39 is 0 Å². The maximum Gasteiger partial charge on any atom is 0.144 e. The Morgan fingerprint density at radius 2 is 2.00 bits per heavy atom. The van der Waals surface area contributed by atoms with Gasteiger partial charge in [-0.3, -0.25) is 0 Å². The van der Waals surface area contributed by atoms with Crippen molar-refractivity contribution in [1.29, 1.82) is 0 Å². The number of hydrogen-bond acceptors (Lipinski definition) is 3. The number of para-hydroxylation sites is 2. The van der Waals surface area contributed by atoms with E-state index in [1.807, 2.05) is 35.0 Å². The van der Waals surface area contributed by atoms with Crippen LogP contribution >= 0.6 is 15.9 Å². The van der Waals surface area contributed by atoms with Gasteiger partial charge < -0.3 is 10.1 Å². The van der Waals surface area contributed by atoms with Gasteiger partial charge in [0.05, 0.1) is 12.8 Å². The van der Waals surface area contributed by atoms with Crippen LogP contribution in [-0.4, -0.2) is 23.4 Å². The summed E-state index contributed by atoms with van der Waals surface area (Å²) >= 11 is 3.58. The summed E-state index contributed by atoms with van der Waals surface area (Å²) in [5.74, 6) is 1.90. The molecule has 0 saturated heterocycles. The molecule has 0 saturated carbocycles. The molecule has 0 unspecified atom stereocenters. The van der Waals surface area contributed by atoms with Gasteiger partial charge in [0.15, 0.2) is 0 Å². The van der Waals surface area contributed by atoms with Crippen molar-refractivity contribution < 1.29 is 4.74 Å². The lowest BCUT2D eigenvalue weighted by Crippen LogP contribution is -2.08. The van der Waals surface area contributed by atoms with Crippen molar-refractivity contribution in [3.63, 3.8) is 0 Å². The van der Waals surface area contributed by atoms with E-state index in [4.69, 9.17) is 9.84 Å². The van der Waals surface area contributed by atoms with Crippen LogP contribution in [0, 0.1) is 0 Å². The average molecular weight is 398 g/mol. The summed E-state index contributed by atoms with van der Waals surface area (Å²) < 4.78 is 8.62. The Labute approximate surface area is 156 Å². The van der Waals surface area contributed by atoms with Crippen LogP contribution in [0.2, 0.25) is 0 Å². The third-order valence-electron chi connectivity index (χ3n) is 4.54. The maximum absolute atomic E-state index is 5.56. The van der Waals surface area contributed by atoms with Crippen molar-refractivity contribution in [3.8, 4) is 22.7 Å². The zero-order valence-corrected chi connectivity index (χ0v) is 15.7. The van der Waals surface area contributed by atoms with E-state index in [9.17, 15) is 0 Å². The van der Waals surface area contributed by atoms with E-state index in [2.05, 4.69) is 39.4 Å². The molecule has 1 N–H and O–H groups in total. The lowest BCUT2D eigenvalue weighted by atomic mass is 10.0. The molecule has 0 radical (unpaired) electrons. The standard InChI is InChI=1S/C20H20BrN3O/c1-25-18-11-3-2-10-17(18)24-20-16(9-4-5-12-22-20)19(23-24)14-7-6-8-15(21)13-14/h2-3,6-8,10-11,13,22H,4-5,9,12H2,1H3. The van der Waals surface area contributed by atoms with Gasteiger partial charge in [0.2, 0.25) is 0 Å². The minimum Gasteiger partial charge on any atom is -0.494 e. The second-order valence-electron chi connectivity index (χ2n) is 6.15. The number of fused-ring (bicyclic) bond motifs is 1. The molecule has 1 aliphatic heterocycles. The molecule has 2 heterocycles. The molecule has 4 rings (SSSR count). The van der Waals surface area contributed by atoms with Crippen LogP contribution in [-0.2, 0) is 6.42 Å². The van der Waals surface area contributed by atoms with Crippen molar-refractivity contribution >= 4 is 21.7 Å². The molecule has 0 fully saturated rings. The molecule has 3 aromatic rings. The summed E-state index contributed by atoms with van der Waals surface area (Å²) in [6, 6.07) is 16.3. The molecule has 4 nitrogen and oxygen atoms in total. The lowest BCUT2D eigenvalue weighted by molar-refractivity contribution is 0.412. The summed E-state index contributed by atoms with van der Waals surface area (Å²) in [6.45, 7) is 0.964. The maximum atomic E-state index is 5.56. The molecule has 1 aromatic heterocycles. The third-order valence-corrected chi connectivity index (χ3v) is 5.03. The van der Waals surface area contributed by atoms with Crippen LogP contribution in [0.15, 0.2) is 53.0 Å². The number of rotatable bonds is 3. The highest BCUT2D eigenvalue weighted by molar-refractivity contribution is 9.10. The molecule has 0 spiro atoms. The molecule has 5 heteroatoms. The monoisotopic (exact) mass is 397 g/mol. The Kier molecular flexibility index (Phi) is 4.49. The number of nitrogens with one attached hydrogen (secondary N) is 1. The van der Waals surface area contributed by atoms with Crippen LogP contribution < -0.4 is 10.1 Å². The normalized spacial score (nSPS) is 13.7. The number of aromatic nitrogens is 2. The highest BCUT2D eigenvalue weighted by Gasteiger charge is 2.23. The van der Waals surface area contributed by atoms with Crippen molar-refractivity contribution in [1.82, 2.24) is 9.78 Å². The highest BCUT2D eigenvalue weighted by Crippen LogP contribution is 2.36. The van der Waals surface area contributed by atoms with Gasteiger partial charge >= 0.3 is 0 Å². The Bertz CT molecular complexity index is 904. The quantitative estimate of drug-likeness (QED) is 0.671. The third kappa shape index (κ3) is 3.04. The van der Waals surface area contributed by atoms with Crippen molar-refractivity contribution in [2.24, 2.45) is 0 Å². The van der Waals surface area contributed by atoms with E-state index in [1.165, 1.54) is 18.4 Å². The number of benzene rings is 2. The van der Waals surface area contributed by atoms with Gasteiger partial charge in [-0.05, 0) is 43.5 Å². The predicted molar refractivity (Wildman–Crippen MR) is 105 cm³/mol. The molecule has 1 aliphatic rings. The number of ether oxygens (including phenoxy) is 1. The predicted octanol–water partition coefficient (Wildman–Crippen LogP) is 5.06. The molecule has 25 heavy (non-hydrogen) atoms. The van der Waals surface area contributed by atoms with E-state index >= 15 is 0 Å². The summed E-state index contributed by atoms with van der Waals surface area (Å²) in [6.07, 6.45) is 3.36. The Morgan fingerprint density at radius 3 is 2.84 bits per heavy atom. The van der Waals surface area contributed by atoms with E-state index in [-0.39, 0.29) is 0 Å². The number of nitrogens with zero attached hydrogens (tertiary/aromatic N) is 2. The van der Waals surface area contributed by atoms with Gasteiger partial charge in [0.25, 0.3) is 0 Å². The molecule has 128 valence electrons. The molecule has 0 aliphatic carbocycles. The SMILES string of the molecule is COc1ccccc1-n1nc(-c2cccc(Br)c2)c2c1NCCCC2. The molecular formula is C20H20BrN3O. The number of halogens is 1. The Morgan fingerprint density at radius 1 is 1.12 bits per heavy atom. The zero-order valence-electron chi connectivity index (χ0n) is 14.1. The number of anilines is 1. The largest absolute Gasteiger partial charge is 0.494 e. The molecular weight excluding hydrogens is 378 g/mol. The minimum atomic E-state index is 0.819. The van der Waals surface area contributed by atoms with Crippen LogP contribution in [0.1, 0.15) is 18.4 Å². The second kappa shape index (κ2) is 6.92. The van der Waals surface area contributed by atoms with Gasteiger partial charge in [-0.1, -0.05) is 40.2 Å². The molecule has 2 aromatic carbocycles. The zero-order chi connectivity index (χ0) is 17.2. The first-order valence-electron chi connectivity index (χ1n) is 8.53. The van der Waals surface area contributed by atoms with Crippen molar-refractivity contribution in [2.75, 3.05) is 19.0 Å². The van der Waals surface area contributed by atoms with E-state index in [0.717, 1.165) is 46.0 Å². The van der Waals surface area contributed by atoms with Crippen LogP contribution in [0.5, 0.6) is 5.75 Å². The van der Waals surface area contributed by atoms with Crippen LogP contribution in [0.3, 0.4) is 0 Å². The fraction of sp³-hybridized carbons (Fsp3) is 0.250. The minimum absolute atomic E-state index is 0.819. The number of hydrogen-bond donors (Lipinski definition) is 1. The topological polar surface area (TPSA) is 39.1 Å². The average Bonchev–Trinajstić information content (AvgIpc) is 2.82. The van der Waals surface area contributed by atoms with Crippen molar-refractivity contribution in [3.05, 3.63) is 58.6 Å². The van der Waals surface area contributed by atoms with Gasteiger partial charge in [-0.15, -0.1) is 0 Å². The van der Waals surface area contributed by atoms with Gasteiger partial charge in [0, 0.05) is 22.1 Å². The molecule has 0 bridgehead atoms. The molecule has 0 amide bonds. The summed E-state index contributed by atoms with van der Waals surface area (Å²) in [5, 5.41) is 8.56. The fourth-order valence-corrected chi connectivity index (χ4v) is 3.75. The Hall–Kier alpha value is -2.27. The second-order valence-corrected chi connectivity index (χ2v) is 7.07. The van der Waals surface area contributed by atoms with Gasteiger partial charge in [0.1, 0.15) is 17.3 Å². The van der Waals surface area contributed by atoms with Crippen LogP contribution in [0.25, 0.3) is 16.9 Å². The van der Waals surface area contributed by atoms with E-state index in [0.29, 0.717) is 0 Å². The van der Waals surface area contributed by atoms with E-state index in [1.54, 1.807) is 7.11 Å². The smallest absolute Gasteiger partial charge is 0.144 e.